The Kier molecular flexibility index (Phi) is 7.82. The molecule has 0 bridgehead atoms. The third-order valence-corrected chi connectivity index (χ3v) is 7.09. The fraction of sp³-hybridized carbons (Fsp3) is 0.737. The Balaban J connectivity index is 1.58. The van der Waals surface area contributed by atoms with Gasteiger partial charge >= 0.3 is 7.60 Å². The molecule has 3 heterocycles. The first-order chi connectivity index (χ1) is 16.2. The van der Waals surface area contributed by atoms with Crippen LogP contribution in [0.4, 0.5) is 5.82 Å². The summed E-state index contributed by atoms with van der Waals surface area (Å²) >= 11 is 0. The van der Waals surface area contributed by atoms with Gasteiger partial charge in [-0.2, -0.15) is 5.10 Å². The van der Waals surface area contributed by atoms with Crippen LogP contribution in [0.25, 0.3) is 11.0 Å². The second-order valence-electron chi connectivity index (χ2n) is 8.48. The third-order valence-electron chi connectivity index (χ3n) is 6.03. The fourth-order valence-electron chi connectivity index (χ4n) is 4.26. The number of hydrogen-bond donors (Lipinski definition) is 6. The average Bonchev–Trinajstić information content (AvgIpc) is 3.50. The average molecular weight is 503 g/mol. The molecule has 1 saturated heterocycles. The molecule has 2 aromatic rings. The molecule has 5 atom stereocenters. The van der Waals surface area contributed by atoms with Gasteiger partial charge in [-0.25, -0.2) is 14.6 Å². The quantitative estimate of drug-likeness (QED) is 0.226. The number of aromatic nitrogens is 4. The maximum atomic E-state index is 11.4. The summed E-state index contributed by atoms with van der Waals surface area (Å²) in [5, 5.41) is 38.6. The van der Waals surface area contributed by atoms with Crippen LogP contribution >= 0.6 is 7.60 Å². The SMILES string of the molecule is COCc1nc(NC2CCCC2)c2cnn([C@@H]3O[C@H](COC(CO)P(=O)(O)O)[C@@H](O)[C@H]3O)c2n1. The molecule has 0 aromatic carbocycles. The van der Waals surface area contributed by atoms with Gasteiger partial charge in [-0.15, -0.1) is 0 Å². The van der Waals surface area contributed by atoms with Crippen LogP contribution in [0.5, 0.6) is 0 Å². The van der Waals surface area contributed by atoms with Crippen molar-refractivity contribution in [3.63, 3.8) is 0 Å². The summed E-state index contributed by atoms with van der Waals surface area (Å²) in [6, 6.07) is 0.280. The van der Waals surface area contributed by atoms with Crippen molar-refractivity contribution < 1.29 is 43.9 Å². The van der Waals surface area contributed by atoms with Crippen molar-refractivity contribution in [2.75, 3.05) is 25.6 Å². The Morgan fingerprint density at radius 1 is 1.26 bits per heavy atom. The predicted octanol–water partition coefficient (Wildman–Crippen LogP) is -0.541. The molecule has 0 radical (unpaired) electrons. The topological polar surface area (TPSA) is 202 Å². The van der Waals surface area contributed by atoms with Gasteiger partial charge in [0.1, 0.15) is 30.7 Å². The van der Waals surface area contributed by atoms with E-state index in [-0.39, 0.29) is 12.6 Å². The van der Waals surface area contributed by atoms with Crippen molar-refractivity contribution in [3.8, 4) is 0 Å². The van der Waals surface area contributed by atoms with Crippen LogP contribution in [0.2, 0.25) is 0 Å². The lowest BCUT2D eigenvalue weighted by Crippen LogP contribution is -2.35. The molecular formula is C19H30N5O9P. The van der Waals surface area contributed by atoms with E-state index in [2.05, 4.69) is 20.4 Å². The minimum atomic E-state index is -4.72. The predicted molar refractivity (Wildman–Crippen MR) is 117 cm³/mol. The number of anilines is 1. The Morgan fingerprint density at radius 2 is 2.00 bits per heavy atom. The van der Waals surface area contributed by atoms with Gasteiger partial charge < -0.3 is 44.6 Å². The molecule has 0 amide bonds. The van der Waals surface area contributed by atoms with Gasteiger partial charge in [0.15, 0.2) is 23.5 Å². The molecule has 1 aliphatic heterocycles. The molecule has 14 nitrogen and oxygen atoms in total. The Labute approximate surface area is 195 Å². The summed E-state index contributed by atoms with van der Waals surface area (Å²) in [5.74, 6) is -0.772. The maximum Gasteiger partial charge on any atom is 0.356 e. The number of hydrogen-bond acceptors (Lipinski definition) is 11. The van der Waals surface area contributed by atoms with Crippen molar-refractivity contribution in [1.29, 1.82) is 0 Å². The van der Waals surface area contributed by atoms with Gasteiger partial charge in [0.05, 0.1) is 24.8 Å². The van der Waals surface area contributed by atoms with Crippen LogP contribution in [-0.2, 0) is 25.4 Å². The zero-order chi connectivity index (χ0) is 24.5. The highest BCUT2D eigenvalue weighted by atomic mass is 31.2. The number of fused-ring (bicyclic) bond motifs is 1. The molecule has 6 N–H and O–H groups in total. The molecular weight excluding hydrogens is 473 g/mol. The zero-order valence-corrected chi connectivity index (χ0v) is 19.5. The van der Waals surface area contributed by atoms with Gasteiger partial charge in [-0.05, 0) is 12.8 Å². The van der Waals surface area contributed by atoms with Crippen LogP contribution in [0.3, 0.4) is 0 Å². The fourth-order valence-corrected chi connectivity index (χ4v) is 4.75. The number of aliphatic hydroxyl groups is 3. The standard InChI is InChI=1S/C19H30N5O9P/c1-31-9-13-22-17(21-10-4-2-3-5-10)11-6-20-24(18(11)23-13)19-16(27)15(26)12(33-19)8-32-14(7-25)34(28,29)30/h6,10,12,14-16,19,25-27H,2-5,7-9H2,1H3,(H,21,22,23)(H2,28,29,30)/t12-,14?,15-,16-,19-/m1/s1. The highest BCUT2D eigenvalue weighted by Gasteiger charge is 2.46. The van der Waals surface area contributed by atoms with Crippen molar-refractivity contribution in [2.24, 2.45) is 0 Å². The van der Waals surface area contributed by atoms with Crippen molar-refractivity contribution >= 4 is 24.4 Å². The van der Waals surface area contributed by atoms with Gasteiger partial charge in [-0.3, -0.25) is 4.57 Å². The Morgan fingerprint density at radius 3 is 2.65 bits per heavy atom. The number of nitrogens with one attached hydrogen (secondary N) is 1. The first-order valence-corrected chi connectivity index (χ1v) is 12.7. The van der Waals surface area contributed by atoms with E-state index in [1.165, 1.54) is 11.8 Å². The second kappa shape index (κ2) is 10.5. The molecule has 1 aliphatic carbocycles. The third kappa shape index (κ3) is 5.25. The molecule has 2 fully saturated rings. The van der Waals surface area contributed by atoms with E-state index in [1.54, 1.807) is 6.20 Å². The van der Waals surface area contributed by atoms with Gasteiger partial charge in [-0.1, -0.05) is 12.8 Å². The molecule has 1 unspecified atom stereocenters. The minimum Gasteiger partial charge on any atom is -0.393 e. The van der Waals surface area contributed by atoms with Gasteiger partial charge in [0.25, 0.3) is 0 Å². The van der Waals surface area contributed by atoms with Crippen molar-refractivity contribution in [3.05, 3.63) is 12.0 Å². The highest BCUT2D eigenvalue weighted by Crippen LogP contribution is 2.42. The van der Waals surface area contributed by atoms with Crippen LogP contribution < -0.4 is 5.32 Å². The number of ether oxygens (including phenoxy) is 3. The molecule has 15 heteroatoms. The minimum absolute atomic E-state index is 0.151. The van der Waals surface area contributed by atoms with Gasteiger partial charge in [0, 0.05) is 13.2 Å². The lowest BCUT2D eigenvalue weighted by atomic mass is 10.1. The maximum absolute atomic E-state index is 11.4. The molecule has 190 valence electrons. The van der Waals surface area contributed by atoms with Crippen LogP contribution in [0.1, 0.15) is 37.7 Å². The molecule has 0 spiro atoms. The monoisotopic (exact) mass is 503 g/mol. The number of methoxy groups -OCH3 is 1. The molecule has 4 rings (SSSR count). The lowest BCUT2D eigenvalue weighted by Gasteiger charge is -2.20. The Hall–Kier alpha value is -1.74. The van der Waals surface area contributed by atoms with Gasteiger partial charge in [0.2, 0.25) is 0 Å². The Bertz CT molecular complexity index is 1030. The van der Waals surface area contributed by atoms with Crippen LogP contribution in [0, 0.1) is 0 Å². The van der Waals surface area contributed by atoms with E-state index < -0.39 is 51.2 Å². The second-order valence-corrected chi connectivity index (χ2v) is 10.2. The van der Waals surface area contributed by atoms with E-state index in [4.69, 9.17) is 19.3 Å². The first kappa shape index (κ1) is 25.4. The smallest absolute Gasteiger partial charge is 0.356 e. The normalized spacial score (nSPS) is 27.0. The van der Waals surface area contributed by atoms with Crippen molar-refractivity contribution in [2.45, 2.75) is 68.7 Å². The molecule has 2 aliphatic rings. The largest absolute Gasteiger partial charge is 0.393 e. The van der Waals surface area contributed by atoms with E-state index >= 15 is 0 Å². The summed E-state index contributed by atoms with van der Waals surface area (Å²) in [7, 11) is -3.19. The van der Waals surface area contributed by atoms with E-state index in [0.717, 1.165) is 25.7 Å². The molecule has 2 aromatic heterocycles. The van der Waals surface area contributed by atoms with E-state index in [0.29, 0.717) is 22.7 Å². The zero-order valence-electron chi connectivity index (χ0n) is 18.6. The van der Waals surface area contributed by atoms with E-state index in [9.17, 15) is 24.6 Å². The van der Waals surface area contributed by atoms with Crippen LogP contribution in [-0.4, -0.2) is 95.4 Å². The number of aliphatic hydroxyl groups excluding tert-OH is 3. The summed E-state index contributed by atoms with van der Waals surface area (Å²) < 4.78 is 28.7. The lowest BCUT2D eigenvalue weighted by molar-refractivity contribution is -0.0807. The van der Waals surface area contributed by atoms with Crippen LogP contribution in [0.15, 0.2) is 6.20 Å². The first-order valence-electron chi connectivity index (χ1n) is 11.0. The summed E-state index contributed by atoms with van der Waals surface area (Å²) in [4.78, 5) is 27.5. The van der Waals surface area contributed by atoms with Crippen molar-refractivity contribution in [1.82, 2.24) is 19.7 Å². The molecule has 1 saturated carbocycles. The molecule has 34 heavy (non-hydrogen) atoms. The number of nitrogens with zero attached hydrogens (tertiary/aromatic N) is 4. The highest BCUT2D eigenvalue weighted by molar-refractivity contribution is 7.52. The number of rotatable bonds is 10. The summed E-state index contributed by atoms with van der Waals surface area (Å²) in [5.41, 5.74) is 0.365. The summed E-state index contributed by atoms with van der Waals surface area (Å²) in [6.45, 7) is -1.24. The van der Waals surface area contributed by atoms with E-state index in [1.807, 2.05) is 0 Å². The summed E-state index contributed by atoms with van der Waals surface area (Å²) in [6.07, 6.45) is 0.748.